The predicted octanol–water partition coefficient (Wildman–Crippen LogP) is -0.0333. The zero-order chi connectivity index (χ0) is 14.6. The molecule has 1 amide bonds. The van der Waals surface area contributed by atoms with E-state index in [2.05, 4.69) is 15.0 Å². The summed E-state index contributed by atoms with van der Waals surface area (Å²) in [4.78, 5) is 27.5. The Bertz CT molecular complexity index is 511. The van der Waals surface area contributed by atoms with Crippen LogP contribution in [-0.4, -0.2) is 60.5 Å². The third-order valence-corrected chi connectivity index (χ3v) is 2.31. The molecule has 0 unspecified atom stereocenters. The summed E-state index contributed by atoms with van der Waals surface area (Å²) in [6, 6.07) is 0. The molecule has 19 heavy (non-hydrogen) atoms. The van der Waals surface area contributed by atoms with E-state index in [1.165, 1.54) is 4.90 Å². The van der Waals surface area contributed by atoms with Gasteiger partial charge >= 0.3 is 0 Å². The molecular formula is C10H14ClN7O. The van der Waals surface area contributed by atoms with E-state index in [4.69, 9.17) is 16.9 Å². The minimum Gasteiger partial charge on any atom is -0.347 e. The molecule has 1 heterocycles. The van der Waals surface area contributed by atoms with E-state index in [0.29, 0.717) is 5.95 Å². The average Bonchev–Trinajstić information content (AvgIpc) is 2.34. The maximum atomic E-state index is 11.6. The second kappa shape index (κ2) is 6.15. The quantitative estimate of drug-likeness (QED) is 0.566. The van der Waals surface area contributed by atoms with E-state index in [1.54, 1.807) is 33.1 Å². The molecule has 1 aromatic heterocycles. The number of rotatable bonds is 4. The number of halogens is 1. The highest BCUT2D eigenvalue weighted by Crippen LogP contribution is 2.14. The van der Waals surface area contributed by atoms with Gasteiger partial charge in [0.1, 0.15) is 6.54 Å². The van der Waals surface area contributed by atoms with Crippen LogP contribution in [0.2, 0.25) is 5.28 Å². The third kappa shape index (κ3) is 3.93. The molecule has 0 aromatic carbocycles. The summed E-state index contributed by atoms with van der Waals surface area (Å²) in [5.41, 5.74) is 0. The highest BCUT2D eigenvalue weighted by molar-refractivity contribution is 6.28. The van der Waals surface area contributed by atoms with Gasteiger partial charge < -0.3 is 9.80 Å². The summed E-state index contributed by atoms with van der Waals surface area (Å²) < 4.78 is 0. The number of nitriles is 1. The van der Waals surface area contributed by atoms with Crippen LogP contribution in [0.15, 0.2) is 0 Å². The van der Waals surface area contributed by atoms with Crippen molar-refractivity contribution in [3.63, 3.8) is 0 Å². The minimum absolute atomic E-state index is 0.0359. The minimum atomic E-state index is -0.246. The number of hydrogen-bond donors (Lipinski definition) is 0. The van der Waals surface area contributed by atoms with Gasteiger partial charge in [0.25, 0.3) is 0 Å². The first-order valence-electron chi connectivity index (χ1n) is 5.31. The summed E-state index contributed by atoms with van der Waals surface area (Å²) >= 11 is 5.77. The van der Waals surface area contributed by atoms with E-state index >= 15 is 0 Å². The molecule has 0 saturated carbocycles. The smallest absolute Gasteiger partial charge is 0.245 e. The van der Waals surface area contributed by atoms with Crippen molar-refractivity contribution < 1.29 is 4.79 Å². The Morgan fingerprint density at radius 3 is 2.26 bits per heavy atom. The number of amides is 1. The highest BCUT2D eigenvalue weighted by Gasteiger charge is 2.17. The van der Waals surface area contributed by atoms with Crippen molar-refractivity contribution in [2.24, 2.45) is 0 Å². The zero-order valence-electron chi connectivity index (χ0n) is 11.1. The van der Waals surface area contributed by atoms with Gasteiger partial charge in [-0.3, -0.25) is 4.79 Å². The molecule has 0 aliphatic carbocycles. The van der Waals surface area contributed by atoms with Crippen molar-refractivity contribution in [1.82, 2.24) is 19.9 Å². The molecule has 0 fully saturated rings. The average molecular weight is 284 g/mol. The van der Waals surface area contributed by atoms with Gasteiger partial charge in [-0.25, -0.2) is 4.90 Å². The first-order valence-corrected chi connectivity index (χ1v) is 5.69. The van der Waals surface area contributed by atoms with Gasteiger partial charge in [0.15, 0.2) is 6.19 Å². The lowest BCUT2D eigenvalue weighted by Gasteiger charge is -2.17. The standard InChI is InChI=1S/C10H14ClN7O/c1-16(2)7(19)5-18(6-12)10-14-8(11)13-9(15-10)17(3)4/h5H2,1-4H3. The van der Waals surface area contributed by atoms with Gasteiger partial charge in [-0.15, -0.1) is 0 Å². The van der Waals surface area contributed by atoms with Crippen LogP contribution in [0, 0.1) is 11.5 Å². The Labute approximate surface area is 116 Å². The molecule has 9 heteroatoms. The molecule has 0 bridgehead atoms. The Hall–Kier alpha value is -2.14. The number of hydrogen-bond acceptors (Lipinski definition) is 7. The van der Waals surface area contributed by atoms with E-state index in [9.17, 15) is 4.79 Å². The number of nitrogens with zero attached hydrogens (tertiary/aromatic N) is 7. The second-order valence-electron chi connectivity index (χ2n) is 4.07. The topological polar surface area (TPSA) is 89.2 Å². The van der Waals surface area contributed by atoms with Crippen LogP contribution >= 0.6 is 11.6 Å². The summed E-state index contributed by atoms with van der Waals surface area (Å²) in [6.07, 6.45) is 1.85. The largest absolute Gasteiger partial charge is 0.347 e. The van der Waals surface area contributed by atoms with Crippen LogP contribution in [0.25, 0.3) is 0 Å². The number of carbonyl (C=O) groups is 1. The van der Waals surface area contributed by atoms with Crippen molar-refractivity contribution in [3.05, 3.63) is 5.28 Å². The second-order valence-corrected chi connectivity index (χ2v) is 4.41. The lowest BCUT2D eigenvalue weighted by Crippen LogP contribution is -2.35. The van der Waals surface area contributed by atoms with E-state index in [1.807, 2.05) is 6.19 Å². The number of anilines is 2. The maximum Gasteiger partial charge on any atom is 0.245 e. The Morgan fingerprint density at radius 2 is 1.79 bits per heavy atom. The molecular weight excluding hydrogens is 270 g/mol. The first-order chi connectivity index (χ1) is 8.85. The summed E-state index contributed by atoms with van der Waals surface area (Å²) in [7, 11) is 6.67. The summed E-state index contributed by atoms with van der Waals surface area (Å²) in [5, 5.41) is 9.04. The van der Waals surface area contributed by atoms with E-state index < -0.39 is 0 Å². The zero-order valence-corrected chi connectivity index (χ0v) is 11.9. The van der Waals surface area contributed by atoms with Gasteiger partial charge in [-0.2, -0.15) is 20.2 Å². The molecule has 8 nitrogen and oxygen atoms in total. The molecule has 102 valence electrons. The van der Waals surface area contributed by atoms with Crippen LogP contribution in [0.1, 0.15) is 0 Å². The van der Waals surface area contributed by atoms with Crippen molar-refractivity contribution in [2.75, 3.05) is 44.5 Å². The maximum absolute atomic E-state index is 11.6. The fourth-order valence-corrected chi connectivity index (χ4v) is 1.23. The van der Waals surface area contributed by atoms with E-state index in [0.717, 1.165) is 4.90 Å². The fourth-order valence-electron chi connectivity index (χ4n) is 1.08. The number of aromatic nitrogens is 3. The van der Waals surface area contributed by atoms with Crippen LogP contribution in [0.4, 0.5) is 11.9 Å². The van der Waals surface area contributed by atoms with Crippen LogP contribution in [0.3, 0.4) is 0 Å². The lowest BCUT2D eigenvalue weighted by atomic mass is 10.5. The van der Waals surface area contributed by atoms with Gasteiger partial charge in [0, 0.05) is 28.2 Å². The van der Waals surface area contributed by atoms with Gasteiger partial charge in [-0.05, 0) is 11.6 Å². The summed E-state index contributed by atoms with van der Waals surface area (Å²) in [6.45, 7) is -0.156. The molecule has 1 aromatic rings. The van der Waals surface area contributed by atoms with E-state index in [-0.39, 0.29) is 23.7 Å². The number of likely N-dealkylation sites (N-methyl/N-ethyl adjacent to an activating group) is 1. The normalized spacial score (nSPS) is 9.68. The molecule has 1 rings (SSSR count). The Kier molecular flexibility index (Phi) is 4.83. The molecule has 0 aliphatic rings. The Balaban J connectivity index is 3.05. The molecule has 0 radical (unpaired) electrons. The van der Waals surface area contributed by atoms with Crippen molar-refractivity contribution >= 4 is 29.4 Å². The summed E-state index contributed by atoms with van der Waals surface area (Å²) in [5.74, 6) is 0.110. The predicted molar refractivity (Wildman–Crippen MR) is 70.8 cm³/mol. The van der Waals surface area contributed by atoms with Crippen molar-refractivity contribution in [2.45, 2.75) is 0 Å². The molecule has 0 saturated heterocycles. The van der Waals surface area contributed by atoms with Gasteiger partial charge in [-0.1, -0.05) is 0 Å². The third-order valence-electron chi connectivity index (χ3n) is 2.14. The van der Waals surface area contributed by atoms with Crippen LogP contribution in [0.5, 0.6) is 0 Å². The molecule has 0 aliphatic heterocycles. The molecule has 0 N–H and O–H groups in total. The van der Waals surface area contributed by atoms with Crippen LogP contribution in [-0.2, 0) is 4.79 Å². The monoisotopic (exact) mass is 283 g/mol. The van der Waals surface area contributed by atoms with Crippen molar-refractivity contribution in [3.8, 4) is 6.19 Å². The SMILES string of the molecule is CN(C)C(=O)CN(C#N)c1nc(Cl)nc(N(C)C)n1. The fraction of sp³-hybridized carbons (Fsp3) is 0.500. The number of carbonyl (C=O) groups excluding carboxylic acids is 1. The van der Waals surface area contributed by atoms with Gasteiger partial charge in [0.05, 0.1) is 0 Å². The van der Waals surface area contributed by atoms with Crippen LogP contribution < -0.4 is 9.80 Å². The Morgan fingerprint density at radius 1 is 1.21 bits per heavy atom. The molecule has 0 atom stereocenters. The lowest BCUT2D eigenvalue weighted by molar-refractivity contribution is -0.127. The molecule has 0 spiro atoms. The highest BCUT2D eigenvalue weighted by atomic mass is 35.5. The van der Waals surface area contributed by atoms with Gasteiger partial charge in [0.2, 0.25) is 23.1 Å². The van der Waals surface area contributed by atoms with Crippen molar-refractivity contribution in [1.29, 1.82) is 5.26 Å². The first kappa shape index (κ1) is 14.9.